The van der Waals surface area contributed by atoms with Crippen LogP contribution in [0, 0.1) is 0 Å². The summed E-state index contributed by atoms with van der Waals surface area (Å²) in [6.07, 6.45) is -4.32. The van der Waals surface area contributed by atoms with Crippen molar-refractivity contribution < 1.29 is 27.5 Å². The summed E-state index contributed by atoms with van der Waals surface area (Å²) in [5.74, 6) is 0.0966. The van der Waals surface area contributed by atoms with E-state index >= 15 is 0 Å². The van der Waals surface area contributed by atoms with Gasteiger partial charge in [0.25, 0.3) is 0 Å². The van der Waals surface area contributed by atoms with Crippen LogP contribution in [0.5, 0.6) is 5.75 Å². The van der Waals surface area contributed by atoms with Crippen LogP contribution in [0.4, 0.5) is 18.9 Å². The number of alkyl halides is 3. The monoisotopic (exact) mass is 505 g/mol. The summed E-state index contributed by atoms with van der Waals surface area (Å²) in [6.45, 7) is 0.929. The molecule has 8 nitrogen and oxygen atoms in total. The fourth-order valence-corrected chi connectivity index (χ4v) is 4.45. The third kappa shape index (κ3) is 6.53. The Morgan fingerprint density at radius 3 is 2.54 bits per heavy atom. The average Bonchev–Trinajstić information content (AvgIpc) is 3.36. The molecule has 1 N–H and O–H groups in total. The van der Waals surface area contributed by atoms with Crippen LogP contribution in [0.1, 0.15) is 23.7 Å². The molecule has 0 unspecified atom stereocenters. The smallest absolute Gasteiger partial charge is 0.406 e. The molecule has 1 atom stereocenters. The normalized spacial score (nSPS) is 15.9. The Balaban J connectivity index is 1.28. The van der Waals surface area contributed by atoms with Crippen molar-refractivity contribution >= 4 is 29.3 Å². The third-order valence-corrected chi connectivity index (χ3v) is 6.47. The van der Waals surface area contributed by atoms with Crippen molar-refractivity contribution in [1.29, 1.82) is 0 Å². The van der Waals surface area contributed by atoms with E-state index in [1.54, 1.807) is 16.5 Å². The quantitative estimate of drug-likeness (QED) is 0.466. The molecule has 2 heterocycles. The molecule has 1 aliphatic heterocycles. The first kappa shape index (κ1) is 24.6. The number of aromatic nitrogens is 3. The van der Waals surface area contributed by atoms with Crippen LogP contribution in [0.2, 0.25) is 0 Å². The van der Waals surface area contributed by atoms with Crippen LogP contribution in [0.3, 0.4) is 0 Å². The highest BCUT2D eigenvalue weighted by molar-refractivity contribution is 7.99. The summed E-state index contributed by atoms with van der Waals surface area (Å²) >= 11 is 1.16. The summed E-state index contributed by atoms with van der Waals surface area (Å²) in [5, 5.41) is 11.4. The van der Waals surface area contributed by atoms with Gasteiger partial charge >= 0.3 is 6.36 Å². The van der Waals surface area contributed by atoms with Crippen LogP contribution in [-0.2, 0) is 23.2 Å². The van der Waals surface area contributed by atoms with Crippen LogP contribution in [0.25, 0.3) is 0 Å². The van der Waals surface area contributed by atoms with Gasteiger partial charge in [0.2, 0.25) is 11.8 Å². The third-order valence-electron chi connectivity index (χ3n) is 5.45. The van der Waals surface area contributed by atoms with E-state index in [0.29, 0.717) is 36.2 Å². The van der Waals surface area contributed by atoms with E-state index in [2.05, 4.69) is 20.3 Å². The maximum absolute atomic E-state index is 12.5. The molecule has 1 saturated heterocycles. The molecule has 2 aromatic carbocycles. The second kappa shape index (κ2) is 10.4. The average molecular weight is 506 g/mol. The lowest BCUT2D eigenvalue weighted by molar-refractivity contribution is -0.274. The van der Waals surface area contributed by atoms with Crippen molar-refractivity contribution in [1.82, 2.24) is 19.7 Å². The summed E-state index contributed by atoms with van der Waals surface area (Å²) in [6, 6.07) is 14.8. The van der Waals surface area contributed by atoms with Gasteiger partial charge in [0.15, 0.2) is 11.0 Å². The van der Waals surface area contributed by atoms with Gasteiger partial charge in [-0.15, -0.1) is 23.4 Å². The largest absolute Gasteiger partial charge is 0.573 e. The number of hydrogen-bond donors (Lipinski definition) is 1. The van der Waals surface area contributed by atoms with E-state index in [0.717, 1.165) is 29.5 Å². The number of halogens is 3. The summed E-state index contributed by atoms with van der Waals surface area (Å²) in [7, 11) is 1.77. The predicted molar refractivity (Wildman–Crippen MR) is 123 cm³/mol. The summed E-state index contributed by atoms with van der Waals surface area (Å²) < 4.78 is 42.3. The minimum absolute atomic E-state index is 0.0193. The molecular formula is C23H22F3N5O3S. The molecule has 4 rings (SSSR count). The van der Waals surface area contributed by atoms with E-state index in [1.165, 1.54) is 12.1 Å². The van der Waals surface area contributed by atoms with E-state index in [4.69, 9.17) is 0 Å². The number of hydrogen-bond acceptors (Lipinski definition) is 6. The SMILES string of the molecule is Cn1c(CN2C[C@@H](c3ccccc3)CC2=O)nnc1SCC(=O)Nc1ccc(OC(F)(F)F)cc1. The number of ether oxygens (including phenoxy) is 1. The molecule has 12 heteroatoms. The first-order chi connectivity index (χ1) is 16.7. The lowest BCUT2D eigenvalue weighted by atomic mass is 9.99. The molecule has 3 aromatic rings. The maximum atomic E-state index is 12.5. The predicted octanol–water partition coefficient (Wildman–Crippen LogP) is 3.96. The molecule has 1 fully saturated rings. The highest BCUT2D eigenvalue weighted by Gasteiger charge is 2.32. The van der Waals surface area contributed by atoms with Crippen molar-refractivity contribution in [3.63, 3.8) is 0 Å². The van der Waals surface area contributed by atoms with Crippen molar-refractivity contribution in [2.45, 2.75) is 30.4 Å². The van der Waals surface area contributed by atoms with Gasteiger partial charge in [0, 0.05) is 31.6 Å². The van der Waals surface area contributed by atoms with Gasteiger partial charge < -0.3 is 19.5 Å². The number of rotatable bonds is 8. The number of carbonyl (C=O) groups is 2. The van der Waals surface area contributed by atoms with Gasteiger partial charge in [-0.3, -0.25) is 9.59 Å². The number of likely N-dealkylation sites (tertiary alicyclic amines) is 1. The van der Waals surface area contributed by atoms with E-state index in [9.17, 15) is 22.8 Å². The molecular weight excluding hydrogens is 483 g/mol. The van der Waals surface area contributed by atoms with Crippen LogP contribution in [-0.4, -0.2) is 50.1 Å². The molecule has 2 amide bonds. The zero-order chi connectivity index (χ0) is 25.0. The van der Waals surface area contributed by atoms with E-state index < -0.39 is 6.36 Å². The number of nitrogens with zero attached hydrogens (tertiary/aromatic N) is 4. The Morgan fingerprint density at radius 1 is 1.14 bits per heavy atom. The lowest BCUT2D eigenvalue weighted by Gasteiger charge is -2.16. The van der Waals surface area contributed by atoms with Crippen molar-refractivity contribution in [2.75, 3.05) is 17.6 Å². The number of carbonyl (C=O) groups excluding carboxylic acids is 2. The Hall–Kier alpha value is -3.54. The second-order valence-corrected chi connectivity index (χ2v) is 8.90. The van der Waals surface area contributed by atoms with E-state index in [1.807, 2.05) is 30.3 Å². The van der Waals surface area contributed by atoms with Crippen LogP contribution < -0.4 is 10.1 Å². The highest BCUT2D eigenvalue weighted by atomic mass is 32.2. The number of thioether (sulfide) groups is 1. The van der Waals surface area contributed by atoms with Crippen LogP contribution in [0.15, 0.2) is 59.8 Å². The summed E-state index contributed by atoms with van der Waals surface area (Å²) in [4.78, 5) is 26.5. The van der Waals surface area contributed by atoms with Crippen molar-refractivity contribution in [3.8, 4) is 5.75 Å². The standard InChI is InChI=1S/C23H22F3N5O3S/c1-30-19(13-31-12-16(11-21(31)33)15-5-3-2-4-6-15)28-29-22(30)35-14-20(32)27-17-7-9-18(10-8-17)34-23(24,25)26/h2-10,16H,11-14H2,1H3,(H,27,32)/t16-/m0/s1. The lowest BCUT2D eigenvalue weighted by Crippen LogP contribution is -2.26. The Kier molecular flexibility index (Phi) is 7.29. The van der Waals surface area contributed by atoms with Crippen molar-refractivity contribution in [3.05, 3.63) is 66.0 Å². The zero-order valence-electron chi connectivity index (χ0n) is 18.7. The fraction of sp³-hybridized carbons (Fsp3) is 0.304. The topological polar surface area (TPSA) is 89.4 Å². The molecule has 0 bridgehead atoms. The van der Waals surface area contributed by atoms with Crippen LogP contribution >= 0.6 is 11.8 Å². The zero-order valence-corrected chi connectivity index (χ0v) is 19.5. The van der Waals surface area contributed by atoms with Crippen molar-refractivity contribution in [2.24, 2.45) is 7.05 Å². The van der Waals surface area contributed by atoms with Gasteiger partial charge in [-0.2, -0.15) is 0 Å². The summed E-state index contributed by atoms with van der Waals surface area (Å²) in [5.41, 5.74) is 1.47. The van der Waals surface area contributed by atoms with Gasteiger partial charge in [0.05, 0.1) is 12.3 Å². The number of anilines is 1. The molecule has 0 spiro atoms. The minimum atomic E-state index is -4.78. The Labute approximate surface area is 203 Å². The molecule has 35 heavy (non-hydrogen) atoms. The molecule has 0 aliphatic carbocycles. The number of nitrogens with one attached hydrogen (secondary N) is 1. The minimum Gasteiger partial charge on any atom is -0.406 e. The first-order valence-corrected chi connectivity index (χ1v) is 11.7. The highest BCUT2D eigenvalue weighted by Crippen LogP contribution is 2.29. The van der Waals surface area contributed by atoms with Gasteiger partial charge in [0.1, 0.15) is 5.75 Å². The van der Waals surface area contributed by atoms with Gasteiger partial charge in [-0.1, -0.05) is 42.1 Å². The molecule has 1 aromatic heterocycles. The van der Waals surface area contributed by atoms with Gasteiger partial charge in [-0.25, -0.2) is 0 Å². The fourth-order valence-electron chi connectivity index (χ4n) is 3.72. The first-order valence-electron chi connectivity index (χ1n) is 10.7. The molecule has 0 saturated carbocycles. The van der Waals surface area contributed by atoms with E-state index in [-0.39, 0.29) is 29.2 Å². The van der Waals surface area contributed by atoms with Gasteiger partial charge in [-0.05, 0) is 29.8 Å². The Bertz CT molecular complexity index is 1190. The molecule has 0 radical (unpaired) electrons. The molecule has 1 aliphatic rings. The number of benzene rings is 2. The molecule has 184 valence electrons. The second-order valence-electron chi connectivity index (χ2n) is 7.95. The maximum Gasteiger partial charge on any atom is 0.573 e. The Morgan fingerprint density at radius 2 is 1.86 bits per heavy atom. The number of amides is 2.